The molecule has 4 heteroatoms. The SMILES string of the molecule is Cc1cc(F)ccc1C(=O)Cc1cc(Br)cs1. The smallest absolute Gasteiger partial charge is 0.168 e. The normalized spacial score (nSPS) is 10.5. The monoisotopic (exact) mass is 312 g/mol. The zero-order valence-corrected chi connectivity index (χ0v) is 11.6. The summed E-state index contributed by atoms with van der Waals surface area (Å²) in [5.41, 5.74) is 1.28. The molecular formula is C13H10BrFOS. The minimum atomic E-state index is -0.307. The van der Waals surface area contributed by atoms with Gasteiger partial charge in [-0.2, -0.15) is 0 Å². The number of carbonyl (C=O) groups is 1. The van der Waals surface area contributed by atoms with Crippen LogP contribution in [0.3, 0.4) is 0 Å². The van der Waals surface area contributed by atoms with E-state index in [1.165, 1.54) is 23.5 Å². The van der Waals surface area contributed by atoms with Gasteiger partial charge in [0, 0.05) is 26.7 Å². The molecule has 1 aromatic carbocycles. The van der Waals surface area contributed by atoms with Crippen molar-refractivity contribution in [1.29, 1.82) is 0 Å². The molecule has 0 unspecified atom stereocenters. The van der Waals surface area contributed by atoms with E-state index in [4.69, 9.17) is 0 Å². The number of Topliss-reactive ketones (excluding diaryl/α,β-unsaturated/α-hetero) is 1. The van der Waals surface area contributed by atoms with E-state index in [0.29, 0.717) is 17.5 Å². The number of halogens is 2. The number of rotatable bonds is 3. The summed E-state index contributed by atoms with van der Waals surface area (Å²) in [6, 6.07) is 6.19. The van der Waals surface area contributed by atoms with Crippen molar-refractivity contribution in [2.45, 2.75) is 13.3 Å². The van der Waals surface area contributed by atoms with Gasteiger partial charge in [-0.15, -0.1) is 11.3 Å². The van der Waals surface area contributed by atoms with Crippen molar-refractivity contribution < 1.29 is 9.18 Å². The zero-order chi connectivity index (χ0) is 12.4. The number of hydrogen-bond acceptors (Lipinski definition) is 2. The van der Waals surface area contributed by atoms with Gasteiger partial charge < -0.3 is 0 Å². The van der Waals surface area contributed by atoms with E-state index in [1.54, 1.807) is 13.0 Å². The van der Waals surface area contributed by atoms with Crippen molar-refractivity contribution in [3.05, 3.63) is 55.9 Å². The highest BCUT2D eigenvalue weighted by Crippen LogP contribution is 2.22. The Balaban J connectivity index is 2.20. The van der Waals surface area contributed by atoms with Gasteiger partial charge in [0.25, 0.3) is 0 Å². The van der Waals surface area contributed by atoms with E-state index in [9.17, 15) is 9.18 Å². The van der Waals surface area contributed by atoms with Gasteiger partial charge in [0.1, 0.15) is 5.82 Å². The van der Waals surface area contributed by atoms with Gasteiger partial charge in [0.05, 0.1) is 0 Å². The van der Waals surface area contributed by atoms with Crippen LogP contribution in [0.15, 0.2) is 34.1 Å². The lowest BCUT2D eigenvalue weighted by molar-refractivity contribution is 0.0993. The number of ketones is 1. The summed E-state index contributed by atoms with van der Waals surface area (Å²) >= 11 is 4.89. The Morgan fingerprint density at radius 2 is 2.18 bits per heavy atom. The Morgan fingerprint density at radius 1 is 1.41 bits per heavy atom. The van der Waals surface area contributed by atoms with Crippen molar-refractivity contribution in [2.75, 3.05) is 0 Å². The quantitative estimate of drug-likeness (QED) is 0.768. The maximum absolute atomic E-state index is 12.9. The highest BCUT2D eigenvalue weighted by molar-refractivity contribution is 9.10. The fraction of sp³-hybridized carbons (Fsp3) is 0.154. The summed E-state index contributed by atoms with van der Waals surface area (Å²) in [6.45, 7) is 1.75. The van der Waals surface area contributed by atoms with Gasteiger partial charge in [-0.05, 0) is 52.7 Å². The van der Waals surface area contributed by atoms with Crippen molar-refractivity contribution in [3.8, 4) is 0 Å². The number of carbonyl (C=O) groups excluding carboxylic acids is 1. The van der Waals surface area contributed by atoms with Crippen LogP contribution >= 0.6 is 27.3 Å². The zero-order valence-electron chi connectivity index (χ0n) is 9.17. The van der Waals surface area contributed by atoms with Crippen LogP contribution in [-0.4, -0.2) is 5.78 Å². The van der Waals surface area contributed by atoms with Crippen LogP contribution < -0.4 is 0 Å². The molecule has 1 aromatic heterocycles. The maximum Gasteiger partial charge on any atom is 0.168 e. The largest absolute Gasteiger partial charge is 0.294 e. The first-order valence-corrected chi connectivity index (χ1v) is 6.76. The summed E-state index contributed by atoms with van der Waals surface area (Å²) in [6.07, 6.45) is 0.364. The molecule has 2 rings (SSSR count). The molecule has 1 heterocycles. The Kier molecular flexibility index (Phi) is 3.74. The molecule has 0 amide bonds. The first-order chi connectivity index (χ1) is 8.06. The first-order valence-electron chi connectivity index (χ1n) is 5.08. The van der Waals surface area contributed by atoms with Gasteiger partial charge in [-0.25, -0.2) is 4.39 Å². The van der Waals surface area contributed by atoms with Gasteiger partial charge in [-0.1, -0.05) is 0 Å². The van der Waals surface area contributed by atoms with Crippen LogP contribution in [0.5, 0.6) is 0 Å². The second-order valence-corrected chi connectivity index (χ2v) is 5.70. The summed E-state index contributed by atoms with van der Waals surface area (Å²) in [5.74, 6) is -0.283. The third kappa shape index (κ3) is 3.01. The first kappa shape index (κ1) is 12.5. The minimum Gasteiger partial charge on any atom is -0.294 e. The predicted octanol–water partition coefficient (Wildman–Crippen LogP) is 4.38. The average molecular weight is 313 g/mol. The summed E-state index contributed by atoms with van der Waals surface area (Å²) < 4.78 is 13.9. The molecule has 0 fully saturated rings. The van der Waals surface area contributed by atoms with E-state index in [0.717, 1.165) is 9.35 Å². The number of hydrogen-bond donors (Lipinski definition) is 0. The van der Waals surface area contributed by atoms with Crippen molar-refractivity contribution >= 4 is 33.0 Å². The topological polar surface area (TPSA) is 17.1 Å². The molecular weight excluding hydrogens is 303 g/mol. The molecule has 2 aromatic rings. The van der Waals surface area contributed by atoms with Gasteiger partial charge in [-0.3, -0.25) is 4.79 Å². The standard InChI is InChI=1S/C13H10BrFOS/c1-8-4-10(15)2-3-12(8)13(16)6-11-5-9(14)7-17-11/h2-5,7H,6H2,1H3. The third-order valence-corrected chi connectivity index (χ3v) is 4.14. The van der Waals surface area contributed by atoms with E-state index in [2.05, 4.69) is 15.9 Å². The Bertz CT molecular complexity index is 562. The Labute approximate surface area is 111 Å². The second kappa shape index (κ2) is 5.10. The molecule has 0 N–H and O–H groups in total. The average Bonchev–Trinajstić information content (AvgIpc) is 2.63. The Hall–Kier alpha value is -1.000. The molecule has 0 atom stereocenters. The molecule has 0 saturated heterocycles. The lowest BCUT2D eigenvalue weighted by atomic mass is 10.0. The van der Waals surface area contributed by atoms with Crippen LogP contribution in [0, 0.1) is 12.7 Å². The molecule has 0 aliphatic rings. The number of benzene rings is 1. The number of aryl methyl sites for hydroxylation is 1. The summed E-state index contributed by atoms with van der Waals surface area (Å²) in [5, 5.41) is 1.94. The van der Waals surface area contributed by atoms with Crippen LogP contribution in [0.2, 0.25) is 0 Å². The fourth-order valence-electron chi connectivity index (χ4n) is 1.64. The van der Waals surface area contributed by atoms with Crippen molar-refractivity contribution in [1.82, 2.24) is 0 Å². The maximum atomic E-state index is 12.9. The van der Waals surface area contributed by atoms with Crippen molar-refractivity contribution in [2.24, 2.45) is 0 Å². The van der Waals surface area contributed by atoms with E-state index < -0.39 is 0 Å². The molecule has 0 saturated carbocycles. The van der Waals surface area contributed by atoms with E-state index in [1.807, 2.05) is 11.4 Å². The van der Waals surface area contributed by atoms with Crippen LogP contribution in [0.4, 0.5) is 4.39 Å². The number of thiophene rings is 1. The lowest BCUT2D eigenvalue weighted by Crippen LogP contribution is -2.04. The van der Waals surface area contributed by atoms with E-state index in [-0.39, 0.29) is 11.6 Å². The summed E-state index contributed by atoms with van der Waals surface area (Å²) in [7, 11) is 0. The highest BCUT2D eigenvalue weighted by atomic mass is 79.9. The van der Waals surface area contributed by atoms with Crippen LogP contribution in [-0.2, 0) is 6.42 Å². The van der Waals surface area contributed by atoms with Crippen LogP contribution in [0.1, 0.15) is 20.8 Å². The highest BCUT2D eigenvalue weighted by Gasteiger charge is 2.11. The molecule has 0 spiro atoms. The molecule has 1 nitrogen and oxygen atoms in total. The second-order valence-electron chi connectivity index (χ2n) is 3.79. The minimum absolute atomic E-state index is 0.0249. The molecule has 0 aliphatic carbocycles. The molecule has 0 bridgehead atoms. The van der Waals surface area contributed by atoms with Gasteiger partial charge >= 0.3 is 0 Å². The summed E-state index contributed by atoms with van der Waals surface area (Å²) in [4.78, 5) is 13.0. The van der Waals surface area contributed by atoms with Gasteiger partial charge in [0.2, 0.25) is 0 Å². The molecule has 0 aliphatic heterocycles. The predicted molar refractivity (Wildman–Crippen MR) is 71.2 cm³/mol. The molecule has 0 radical (unpaired) electrons. The third-order valence-electron chi connectivity index (χ3n) is 2.45. The molecule has 17 heavy (non-hydrogen) atoms. The van der Waals surface area contributed by atoms with Crippen LogP contribution in [0.25, 0.3) is 0 Å². The van der Waals surface area contributed by atoms with Crippen molar-refractivity contribution in [3.63, 3.8) is 0 Å². The van der Waals surface area contributed by atoms with E-state index >= 15 is 0 Å². The molecule has 88 valence electrons. The lowest BCUT2D eigenvalue weighted by Gasteiger charge is -2.03. The van der Waals surface area contributed by atoms with Gasteiger partial charge in [0.15, 0.2) is 5.78 Å². The fourth-order valence-corrected chi connectivity index (χ4v) is 3.09. The Morgan fingerprint density at radius 3 is 2.76 bits per heavy atom.